The molecule has 0 saturated heterocycles. The Balaban J connectivity index is 1.73. The topological polar surface area (TPSA) is 64.0 Å². The molecule has 0 aliphatic carbocycles. The second kappa shape index (κ2) is 7.25. The van der Waals surface area contributed by atoms with Crippen LogP contribution in [0.25, 0.3) is 10.9 Å². The number of aryl methyl sites for hydroxylation is 2. The number of fused-ring (bicyclic) bond motifs is 1. The molecule has 0 saturated carbocycles. The van der Waals surface area contributed by atoms with E-state index < -0.39 is 0 Å². The molecule has 0 bridgehead atoms. The van der Waals surface area contributed by atoms with Crippen LogP contribution in [-0.4, -0.2) is 15.5 Å². The van der Waals surface area contributed by atoms with Crippen LogP contribution in [0, 0.1) is 6.92 Å². The number of anilines is 1. The zero-order valence-electron chi connectivity index (χ0n) is 13.4. The summed E-state index contributed by atoms with van der Waals surface area (Å²) in [4.78, 5) is 28.9. The van der Waals surface area contributed by atoms with E-state index in [1.54, 1.807) is 24.3 Å². The van der Waals surface area contributed by atoms with Gasteiger partial charge in [-0.05, 0) is 36.8 Å². The number of hydrogen-bond acceptors (Lipinski definition) is 3. The van der Waals surface area contributed by atoms with Gasteiger partial charge < -0.3 is 5.32 Å². The highest BCUT2D eigenvalue weighted by molar-refractivity contribution is 6.36. The molecule has 1 N–H and O–H groups in total. The molecular formula is C18H15Cl2N3O2. The third kappa shape index (κ3) is 3.83. The number of halogens is 2. The number of nitrogens with zero attached hydrogens (tertiary/aromatic N) is 2. The number of aromatic nitrogens is 2. The summed E-state index contributed by atoms with van der Waals surface area (Å²) in [5.41, 5.74) is 1.94. The van der Waals surface area contributed by atoms with Gasteiger partial charge >= 0.3 is 0 Å². The minimum absolute atomic E-state index is 0.123. The molecule has 1 aromatic heterocycles. The number of hydrogen-bond donors (Lipinski definition) is 1. The van der Waals surface area contributed by atoms with Gasteiger partial charge in [0.05, 0.1) is 27.9 Å². The van der Waals surface area contributed by atoms with E-state index in [-0.39, 0.29) is 24.4 Å². The molecule has 0 aliphatic heterocycles. The summed E-state index contributed by atoms with van der Waals surface area (Å²) < 4.78 is 1.44. The number of benzene rings is 2. The van der Waals surface area contributed by atoms with Crippen molar-refractivity contribution in [3.8, 4) is 0 Å². The van der Waals surface area contributed by atoms with Crippen LogP contribution >= 0.6 is 23.2 Å². The molecule has 3 rings (SSSR count). The van der Waals surface area contributed by atoms with Gasteiger partial charge in [-0.3, -0.25) is 14.2 Å². The van der Waals surface area contributed by atoms with Gasteiger partial charge in [-0.15, -0.1) is 0 Å². The Morgan fingerprint density at radius 3 is 2.80 bits per heavy atom. The first-order valence-corrected chi connectivity index (χ1v) is 8.41. The van der Waals surface area contributed by atoms with E-state index in [0.29, 0.717) is 26.6 Å². The molecule has 0 atom stereocenters. The molecule has 2 aromatic carbocycles. The molecule has 1 amide bonds. The molecular weight excluding hydrogens is 361 g/mol. The lowest BCUT2D eigenvalue weighted by atomic mass is 10.1. The summed E-state index contributed by atoms with van der Waals surface area (Å²) in [6.07, 6.45) is 1.60. The maximum absolute atomic E-state index is 12.5. The summed E-state index contributed by atoms with van der Waals surface area (Å²) in [7, 11) is 0. The first-order chi connectivity index (χ1) is 12.0. The Bertz CT molecular complexity index is 1010. The molecule has 0 aliphatic rings. The van der Waals surface area contributed by atoms with E-state index in [0.717, 1.165) is 5.56 Å². The smallest absolute Gasteiger partial charge is 0.261 e. The van der Waals surface area contributed by atoms with Gasteiger partial charge in [0.2, 0.25) is 5.91 Å². The van der Waals surface area contributed by atoms with Crippen molar-refractivity contribution in [3.63, 3.8) is 0 Å². The van der Waals surface area contributed by atoms with Crippen molar-refractivity contribution >= 4 is 45.7 Å². The van der Waals surface area contributed by atoms with Crippen LogP contribution in [0.2, 0.25) is 10.0 Å². The van der Waals surface area contributed by atoms with Gasteiger partial charge in [0, 0.05) is 18.0 Å². The van der Waals surface area contributed by atoms with Crippen LogP contribution in [0.3, 0.4) is 0 Å². The second-order valence-electron chi connectivity index (χ2n) is 5.64. The number of carbonyl (C=O) groups excluding carboxylic acids is 1. The minimum atomic E-state index is -0.250. The molecule has 0 unspecified atom stereocenters. The van der Waals surface area contributed by atoms with Crippen molar-refractivity contribution in [1.82, 2.24) is 9.55 Å². The molecule has 0 fully saturated rings. The Morgan fingerprint density at radius 2 is 2.04 bits per heavy atom. The Kier molecular flexibility index (Phi) is 5.06. The van der Waals surface area contributed by atoms with Crippen LogP contribution in [0.1, 0.15) is 12.0 Å². The fraction of sp³-hybridized carbons (Fsp3) is 0.167. The van der Waals surface area contributed by atoms with E-state index in [4.69, 9.17) is 23.2 Å². The van der Waals surface area contributed by atoms with Crippen LogP contribution in [0.5, 0.6) is 0 Å². The van der Waals surface area contributed by atoms with E-state index in [2.05, 4.69) is 10.3 Å². The first kappa shape index (κ1) is 17.5. The number of carbonyl (C=O) groups is 1. The third-order valence-electron chi connectivity index (χ3n) is 3.84. The van der Waals surface area contributed by atoms with Gasteiger partial charge in [-0.1, -0.05) is 35.3 Å². The van der Waals surface area contributed by atoms with Gasteiger partial charge in [-0.2, -0.15) is 0 Å². The zero-order valence-corrected chi connectivity index (χ0v) is 14.9. The molecule has 5 nitrogen and oxygen atoms in total. The molecule has 25 heavy (non-hydrogen) atoms. The largest absolute Gasteiger partial charge is 0.325 e. The highest BCUT2D eigenvalue weighted by Crippen LogP contribution is 2.25. The molecule has 1 heterocycles. The van der Waals surface area contributed by atoms with Crippen LogP contribution < -0.4 is 10.9 Å². The minimum Gasteiger partial charge on any atom is -0.325 e. The van der Waals surface area contributed by atoms with Gasteiger partial charge in [0.25, 0.3) is 5.56 Å². The van der Waals surface area contributed by atoms with E-state index >= 15 is 0 Å². The molecule has 7 heteroatoms. The van der Waals surface area contributed by atoms with Crippen LogP contribution in [0.4, 0.5) is 5.69 Å². The van der Waals surface area contributed by atoms with Crippen LogP contribution in [-0.2, 0) is 11.3 Å². The predicted molar refractivity (Wildman–Crippen MR) is 100 cm³/mol. The predicted octanol–water partition coefficient (Wildman–Crippen LogP) is 4.04. The average molecular weight is 376 g/mol. The van der Waals surface area contributed by atoms with Crippen molar-refractivity contribution in [2.45, 2.75) is 19.9 Å². The highest BCUT2D eigenvalue weighted by atomic mass is 35.5. The lowest BCUT2D eigenvalue weighted by Crippen LogP contribution is -2.23. The zero-order chi connectivity index (χ0) is 18.0. The van der Waals surface area contributed by atoms with Crippen molar-refractivity contribution in [2.24, 2.45) is 0 Å². The number of amides is 1. The van der Waals surface area contributed by atoms with Crippen molar-refractivity contribution in [2.75, 3.05) is 5.32 Å². The monoisotopic (exact) mass is 375 g/mol. The number of nitrogens with one attached hydrogen (secondary N) is 1. The van der Waals surface area contributed by atoms with Crippen molar-refractivity contribution in [1.29, 1.82) is 0 Å². The maximum atomic E-state index is 12.5. The highest BCUT2D eigenvalue weighted by Gasteiger charge is 2.09. The Hall–Kier alpha value is -2.37. The molecule has 0 spiro atoms. The van der Waals surface area contributed by atoms with Crippen molar-refractivity contribution in [3.05, 3.63) is 68.7 Å². The molecule has 3 aromatic rings. The van der Waals surface area contributed by atoms with Gasteiger partial charge in [0.1, 0.15) is 0 Å². The summed E-state index contributed by atoms with van der Waals surface area (Å²) in [5, 5.41) is 4.11. The second-order valence-corrected chi connectivity index (χ2v) is 6.48. The summed E-state index contributed by atoms with van der Waals surface area (Å²) in [5.74, 6) is -0.250. The lowest BCUT2D eigenvalue weighted by molar-refractivity contribution is -0.116. The summed E-state index contributed by atoms with van der Waals surface area (Å²) in [6.45, 7) is 2.13. The normalized spacial score (nSPS) is 10.8. The lowest BCUT2D eigenvalue weighted by Gasteiger charge is -2.09. The van der Waals surface area contributed by atoms with E-state index in [1.807, 2.05) is 19.1 Å². The fourth-order valence-corrected chi connectivity index (χ4v) is 2.98. The molecule has 128 valence electrons. The maximum Gasteiger partial charge on any atom is 0.261 e. The average Bonchev–Trinajstić information content (AvgIpc) is 2.57. The van der Waals surface area contributed by atoms with Crippen molar-refractivity contribution < 1.29 is 4.79 Å². The third-order valence-corrected chi connectivity index (χ3v) is 4.39. The van der Waals surface area contributed by atoms with Gasteiger partial charge in [0.15, 0.2) is 0 Å². The number of para-hydroxylation sites is 1. The summed E-state index contributed by atoms with van der Waals surface area (Å²) in [6, 6.07) is 10.3. The first-order valence-electron chi connectivity index (χ1n) is 7.65. The number of rotatable bonds is 4. The summed E-state index contributed by atoms with van der Waals surface area (Å²) >= 11 is 11.9. The SMILES string of the molecule is Cc1cccc2c(=O)n(CCC(=O)Nc3ccc(Cl)cc3Cl)cnc12. The fourth-order valence-electron chi connectivity index (χ4n) is 2.52. The standard InChI is InChI=1S/C18H15Cl2N3O2/c1-11-3-2-4-13-17(11)21-10-23(18(13)25)8-7-16(24)22-15-6-5-12(19)9-14(15)20/h2-6,9-10H,7-8H2,1H3,(H,22,24). The van der Waals surface area contributed by atoms with Gasteiger partial charge in [-0.25, -0.2) is 4.98 Å². The van der Waals surface area contributed by atoms with E-state index in [9.17, 15) is 9.59 Å². The quantitative estimate of drug-likeness (QED) is 0.748. The molecule has 0 radical (unpaired) electrons. The Morgan fingerprint density at radius 1 is 1.24 bits per heavy atom. The Labute approximate surface area is 154 Å². The van der Waals surface area contributed by atoms with Crippen LogP contribution in [0.15, 0.2) is 47.5 Å². The van der Waals surface area contributed by atoms with E-state index in [1.165, 1.54) is 10.9 Å².